The number of carbonyl (C=O) groups is 1. The number of carbonyl (C=O) groups excluding carboxylic acids is 1. The van der Waals surface area contributed by atoms with Gasteiger partial charge in [-0.15, -0.1) is 0 Å². The van der Waals surface area contributed by atoms with Crippen molar-refractivity contribution in [3.63, 3.8) is 0 Å². The van der Waals surface area contributed by atoms with Crippen LogP contribution in [0.3, 0.4) is 0 Å². The van der Waals surface area contributed by atoms with Crippen LogP contribution in [0.2, 0.25) is 5.31 Å². The van der Waals surface area contributed by atoms with Gasteiger partial charge in [0.05, 0.1) is 5.60 Å². The highest BCUT2D eigenvalue weighted by atomic mass is 16.6. The first-order valence-corrected chi connectivity index (χ1v) is 8.12. The molecule has 0 aromatic rings. The van der Waals surface area contributed by atoms with E-state index in [1.807, 2.05) is 20.8 Å². The summed E-state index contributed by atoms with van der Waals surface area (Å²) in [5, 5.41) is 0.0425. The standard InChI is InChI=1S/C17H29BNO3/c1-15(2,3)22-14(20)19-10-8-12(9-11-19)13-18-16(4,5)17(6,7)21-13/h8,13H,9-11H2,1-7H3. The molecule has 0 spiro atoms. The second-order valence-corrected chi connectivity index (χ2v) is 8.39. The Bertz CT molecular complexity index is 461. The van der Waals surface area contributed by atoms with Gasteiger partial charge in [-0.1, -0.05) is 25.5 Å². The summed E-state index contributed by atoms with van der Waals surface area (Å²) < 4.78 is 11.6. The SMILES string of the molecule is CC(C)(C)OC(=O)N1CC=C(C2[B]C(C)(C)C(C)(C)O2)CC1. The first-order valence-electron chi connectivity index (χ1n) is 8.12. The van der Waals surface area contributed by atoms with Gasteiger partial charge in [0.2, 0.25) is 0 Å². The highest BCUT2D eigenvalue weighted by Crippen LogP contribution is 2.48. The van der Waals surface area contributed by atoms with Gasteiger partial charge in [0.15, 0.2) is 7.28 Å². The van der Waals surface area contributed by atoms with E-state index in [0.717, 1.165) is 6.42 Å². The average molecular weight is 306 g/mol. The molecule has 0 aromatic carbocycles. The molecule has 123 valence electrons. The van der Waals surface area contributed by atoms with Gasteiger partial charge in [-0.2, -0.15) is 0 Å². The van der Waals surface area contributed by atoms with E-state index in [1.54, 1.807) is 4.90 Å². The van der Waals surface area contributed by atoms with Gasteiger partial charge in [-0.05, 0) is 46.4 Å². The number of ether oxygens (including phenoxy) is 2. The minimum atomic E-state index is -0.447. The minimum absolute atomic E-state index is 0.0425. The van der Waals surface area contributed by atoms with Crippen LogP contribution < -0.4 is 0 Å². The molecule has 2 rings (SSSR count). The molecule has 0 aromatic heterocycles. The number of hydrogen-bond acceptors (Lipinski definition) is 3. The molecule has 2 aliphatic heterocycles. The number of rotatable bonds is 1. The van der Waals surface area contributed by atoms with Crippen molar-refractivity contribution in [3.8, 4) is 0 Å². The Labute approximate surface area is 135 Å². The summed E-state index contributed by atoms with van der Waals surface area (Å²) in [7, 11) is 2.29. The van der Waals surface area contributed by atoms with E-state index < -0.39 is 5.60 Å². The molecule has 0 saturated carbocycles. The van der Waals surface area contributed by atoms with Crippen molar-refractivity contribution in [1.82, 2.24) is 4.90 Å². The summed E-state index contributed by atoms with van der Waals surface area (Å²) >= 11 is 0. The van der Waals surface area contributed by atoms with Crippen LogP contribution in [0, 0.1) is 0 Å². The molecule has 1 saturated heterocycles. The van der Waals surface area contributed by atoms with Crippen molar-refractivity contribution in [2.24, 2.45) is 0 Å². The maximum absolute atomic E-state index is 12.1. The van der Waals surface area contributed by atoms with Crippen LogP contribution in [0.4, 0.5) is 4.79 Å². The van der Waals surface area contributed by atoms with Crippen molar-refractivity contribution in [1.29, 1.82) is 0 Å². The highest BCUT2D eigenvalue weighted by Gasteiger charge is 2.49. The number of amides is 1. The zero-order chi connectivity index (χ0) is 16.8. The second kappa shape index (κ2) is 5.59. The monoisotopic (exact) mass is 306 g/mol. The first kappa shape index (κ1) is 17.4. The van der Waals surface area contributed by atoms with Gasteiger partial charge in [-0.25, -0.2) is 4.79 Å². The molecule has 1 unspecified atom stereocenters. The third kappa shape index (κ3) is 3.68. The lowest BCUT2D eigenvalue weighted by Crippen LogP contribution is -2.40. The average Bonchev–Trinajstić information content (AvgIpc) is 2.56. The summed E-state index contributed by atoms with van der Waals surface area (Å²) in [4.78, 5) is 13.8. The van der Waals surface area contributed by atoms with Gasteiger partial charge >= 0.3 is 6.09 Å². The Kier molecular flexibility index (Phi) is 4.42. The molecule has 0 aliphatic carbocycles. The molecule has 4 nitrogen and oxygen atoms in total. The van der Waals surface area contributed by atoms with E-state index >= 15 is 0 Å². The summed E-state index contributed by atoms with van der Waals surface area (Å²) in [6.45, 7) is 15.7. The zero-order valence-electron chi connectivity index (χ0n) is 15.0. The van der Waals surface area contributed by atoms with Gasteiger partial charge in [-0.3, -0.25) is 0 Å². The van der Waals surface area contributed by atoms with E-state index in [9.17, 15) is 4.79 Å². The van der Waals surface area contributed by atoms with Crippen molar-refractivity contribution >= 4 is 13.4 Å². The lowest BCUT2D eigenvalue weighted by Gasteiger charge is -2.33. The van der Waals surface area contributed by atoms with Crippen LogP contribution in [0.1, 0.15) is 54.9 Å². The van der Waals surface area contributed by atoms with Crippen molar-refractivity contribution in [3.05, 3.63) is 11.6 Å². The topological polar surface area (TPSA) is 38.8 Å². The summed E-state index contributed by atoms with van der Waals surface area (Å²) in [5.41, 5.74) is 0.664. The van der Waals surface area contributed by atoms with Crippen LogP contribution in [0.15, 0.2) is 11.6 Å². The maximum Gasteiger partial charge on any atom is 0.410 e. The molecule has 0 bridgehead atoms. The smallest absolute Gasteiger partial charge is 0.410 e. The molecule has 2 aliphatic rings. The Hall–Kier alpha value is -0.965. The minimum Gasteiger partial charge on any atom is -0.444 e. The van der Waals surface area contributed by atoms with Gasteiger partial charge in [0.1, 0.15) is 5.60 Å². The summed E-state index contributed by atoms with van der Waals surface area (Å²) in [6, 6.07) is 0.0609. The fourth-order valence-corrected chi connectivity index (χ4v) is 2.70. The van der Waals surface area contributed by atoms with E-state index in [0.29, 0.717) is 13.1 Å². The van der Waals surface area contributed by atoms with Crippen molar-refractivity contribution < 1.29 is 14.3 Å². The molecule has 1 atom stereocenters. The fraction of sp³-hybridized carbons (Fsp3) is 0.824. The fourth-order valence-electron chi connectivity index (χ4n) is 2.70. The van der Waals surface area contributed by atoms with Gasteiger partial charge in [0.25, 0.3) is 0 Å². The predicted molar refractivity (Wildman–Crippen MR) is 89.3 cm³/mol. The van der Waals surface area contributed by atoms with E-state index in [4.69, 9.17) is 9.47 Å². The van der Waals surface area contributed by atoms with E-state index in [1.165, 1.54) is 5.57 Å². The quantitative estimate of drug-likeness (QED) is 0.549. The molecule has 1 amide bonds. The predicted octanol–water partition coefficient (Wildman–Crippen LogP) is 3.59. The Morgan fingerprint density at radius 3 is 2.41 bits per heavy atom. The maximum atomic E-state index is 12.1. The molecule has 5 heteroatoms. The van der Waals surface area contributed by atoms with Crippen LogP contribution in [0.25, 0.3) is 0 Å². The normalized spacial score (nSPS) is 27.1. The van der Waals surface area contributed by atoms with Crippen molar-refractivity contribution in [2.75, 3.05) is 13.1 Å². The molecular weight excluding hydrogens is 277 g/mol. The lowest BCUT2D eigenvalue weighted by atomic mass is 9.47. The van der Waals surface area contributed by atoms with Crippen molar-refractivity contribution in [2.45, 2.75) is 77.4 Å². The van der Waals surface area contributed by atoms with Gasteiger partial charge < -0.3 is 14.4 Å². The largest absolute Gasteiger partial charge is 0.444 e. The van der Waals surface area contributed by atoms with E-state index in [-0.39, 0.29) is 23.0 Å². The van der Waals surface area contributed by atoms with Crippen LogP contribution in [-0.4, -0.2) is 48.6 Å². The Morgan fingerprint density at radius 1 is 1.36 bits per heavy atom. The summed E-state index contributed by atoms with van der Waals surface area (Å²) in [5.74, 6) is 0. The van der Waals surface area contributed by atoms with Crippen LogP contribution in [-0.2, 0) is 9.47 Å². The molecule has 0 N–H and O–H groups in total. The number of nitrogens with zero attached hydrogens (tertiary/aromatic N) is 1. The molecule has 2 heterocycles. The summed E-state index contributed by atoms with van der Waals surface area (Å²) in [6.07, 6.45) is 2.72. The first-order chi connectivity index (χ1) is 9.91. The third-order valence-corrected chi connectivity index (χ3v) is 4.80. The van der Waals surface area contributed by atoms with E-state index in [2.05, 4.69) is 41.1 Å². The Morgan fingerprint density at radius 2 is 2.00 bits per heavy atom. The lowest BCUT2D eigenvalue weighted by molar-refractivity contribution is -0.0238. The molecule has 1 fully saturated rings. The van der Waals surface area contributed by atoms with Gasteiger partial charge in [0, 0.05) is 19.1 Å². The van der Waals surface area contributed by atoms with Crippen LogP contribution in [0.5, 0.6) is 0 Å². The third-order valence-electron chi connectivity index (χ3n) is 4.80. The highest BCUT2D eigenvalue weighted by molar-refractivity contribution is 6.44. The second-order valence-electron chi connectivity index (χ2n) is 8.39. The zero-order valence-corrected chi connectivity index (χ0v) is 15.0. The Balaban J connectivity index is 1.97. The number of hydrogen-bond donors (Lipinski definition) is 0. The molecular formula is C17H29BNO3. The molecule has 22 heavy (non-hydrogen) atoms. The molecule has 1 radical (unpaired) electrons. The van der Waals surface area contributed by atoms with Crippen LogP contribution >= 0.6 is 0 Å².